The lowest BCUT2D eigenvalue weighted by Crippen LogP contribution is -2.22. The molecule has 2 N–H and O–H groups in total. The lowest BCUT2D eigenvalue weighted by molar-refractivity contribution is -0.148. The van der Waals surface area contributed by atoms with Gasteiger partial charge in [0.15, 0.2) is 11.9 Å². The number of carbonyl (C=O) groups excluding carboxylic acids is 1. The van der Waals surface area contributed by atoms with Crippen LogP contribution in [0.5, 0.6) is 0 Å². The van der Waals surface area contributed by atoms with Crippen molar-refractivity contribution in [2.45, 2.75) is 19.4 Å². The molecule has 1 atom stereocenters. The first-order chi connectivity index (χ1) is 9.61. The molecular weight excluding hydrogens is 300 g/mol. The summed E-state index contributed by atoms with van der Waals surface area (Å²) in [5.74, 6) is -0.367. The molecule has 20 heavy (non-hydrogen) atoms. The third kappa shape index (κ3) is 3.37. The first kappa shape index (κ1) is 14.5. The van der Waals surface area contributed by atoms with E-state index in [4.69, 9.17) is 22.2 Å². The van der Waals surface area contributed by atoms with Crippen LogP contribution in [0.2, 0.25) is 5.02 Å². The molecule has 6 nitrogen and oxygen atoms in total. The van der Waals surface area contributed by atoms with E-state index in [1.807, 2.05) is 18.4 Å². The van der Waals surface area contributed by atoms with E-state index in [1.165, 1.54) is 22.2 Å². The van der Waals surface area contributed by atoms with E-state index in [-0.39, 0.29) is 5.84 Å². The van der Waals surface area contributed by atoms with Gasteiger partial charge in [-0.3, -0.25) is 4.68 Å². The van der Waals surface area contributed by atoms with Crippen LogP contribution in [-0.4, -0.2) is 21.6 Å². The second kappa shape index (κ2) is 6.53. The Hall–Kier alpha value is -1.86. The monoisotopic (exact) mass is 312 g/mol. The molecule has 2 rings (SSSR count). The molecule has 0 fully saturated rings. The summed E-state index contributed by atoms with van der Waals surface area (Å²) >= 11 is 7.19. The average Bonchev–Trinajstić information content (AvgIpc) is 3.08. The summed E-state index contributed by atoms with van der Waals surface area (Å²) in [7, 11) is 0. The summed E-state index contributed by atoms with van der Waals surface area (Å²) in [6, 6.07) is 3.05. The third-order valence-corrected chi connectivity index (χ3v) is 3.64. The molecule has 0 saturated heterocycles. The number of aromatic nitrogens is 2. The van der Waals surface area contributed by atoms with Crippen molar-refractivity contribution in [2.75, 3.05) is 0 Å². The molecular formula is C12H13ClN4O2S. The van der Waals surface area contributed by atoms with Gasteiger partial charge in [-0.05, 0) is 17.9 Å². The zero-order valence-corrected chi connectivity index (χ0v) is 12.3. The van der Waals surface area contributed by atoms with Crippen LogP contribution >= 0.6 is 22.9 Å². The number of nitrogens with zero attached hydrogens (tertiary/aromatic N) is 3. The summed E-state index contributed by atoms with van der Waals surface area (Å²) in [5, 5.41) is 9.96. The van der Waals surface area contributed by atoms with Gasteiger partial charge in [-0.2, -0.15) is 5.10 Å². The molecule has 8 heteroatoms. The molecule has 0 bridgehead atoms. The highest BCUT2D eigenvalue weighted by Crippen LogP contribution is 2.16. The Morgan fingerprint density at radius 1 is 1.70 bits per heavy atom. The van der Waals surface area contributed by atoms with E-state index in [0.717, 1.165) is 4.88 Å². The van der Waals surface area contributed by atoms with Crippen LogP contribution in [0.4, 0.5) is 0 Å². The van der Waals surface area contributed by atoms with Crippen molar-refractivity contribution >= 4 is 34.7 Å². The number of carbonyl (C=O) groups is 1. The predicted octanol–water partition coefficient (Wildman–Crippen LogP) is 2.41. The van der Waals surface area contributed by atoms with Crippen molar-refractivity contribution in [3.63, 3.8) is 0 Å². The van der Waals surface area contributed by atoms with Crippen LogP contribution < -0.4 is 5.73 Å². The summed E-state index contributed by atoms with van der Waals surface area (Å²) in [6.45, 7) is 1.84. The van der Waals surface area contributed by atoms with Crippen molar-refractivity contribution in [3.05, 3.63) is 39.8 Å². The Morgan fingerprint density at radius 3 is 3.05 bits per heavy atom. The molecule has 0 spiro atoms. The van der Waals surface area contributed by atoms with Crippen LogP contribution in [0.25, 0.3) is 0 Å². The summed E-state index contributed by atoms with van der Waals surface area (Å²) < 4.78 is 1.45. The van der Waals surface area contributed by atoms with Crippen molar-refractivity contribution in [2.24, 2.45) is 10.9 Å². The fourth-order valence-corrected chi connectivity index (χ4v) is 2.33. The zero-order chi connectivity index (χ0) is 14.5. The fourth-order valence-electron chi connectivity index (χ4n) is 1.57. The van der Waals surface area contributed by atoms with Crippen molar-refractivity contribution in [1.82, 2.24) is 9.78 Å². The quantitative estimate of drug-likeness (QED) is 0.398. The number of thiophene rings is 1. The zero-order valence-electron chi connectivity index (χ0n) is 10.7. The standard InChI is InChI=1S/C12H13ClN4O2S/c1-2-9(17-7-8(13)6-15-17)12(18)19-16-11(14)10-4-3-5-20-10/h3-7,9H,2H2,1H3,(H2,14,16). The Labute approximate surface area is 124 Å². The Balaban J connectivity index is 2.05. The van der Waals surface area contributed by atoms with Crippen LogP contribution in [0.3, 0.4) is 0 Å². The van der Waals surface area contributed by atoms with Crippen molar-refractivity contribution in [3.8, 4) is 0 Å². The molecule has 1 unspecified atom stereocenters. The molecule has 0 aromatic carbocycles. The molecule has 0 aliphatic heterocycles. The minimum atomic E-state index is -0.581. The van der Waals surface area contributed by atoms with Crippen molar-refractivity contribution in [1.29, 1.82) is 0 Å². The lowest BCUT2D eigenvalue weighted by Gasteiger charge is -2.11. The van der Waals surface area contributed by atoms with E-state index in [2.05, 4.69) is 10.3 Å². The summed E-state index contributed by atoms with van der Waals surface area (Å²) in [5.41, 5.74) is 5.71. The predicted molar refractivity (Wildman–Crippen MR) is 77.7 cm³/mol. The van der Waals surface area contributed by atoms with Gasteiger partial charge in [-0.25, -0.2) is 4.79 Å². The van der Waals surface area contributed by atoms with E-state index in [0.29, 0.717) is 11.4 Å². The van der Waals surface area contributed by atoms with E-state index in [9.17, 15) is 4.79 Å². The largest absolute Gasteiger partial charge is 0.380 e. The average molecular weight is 313 g/mol. The van der Waals surface area contributed by atoms with Crippen LogP contribution in [0.1, 0.15) is 24.3 Å². The summed E-state index contributed by atoms with van der Waals surface area (Å²) in [6.07, 6.45) is 3.52. The van der Waals surface area contributed by atoms with Crippen LogP contribution in [0, 0.1) is 0 Å². The molecule has 0 radical (unpaired) electrons. The van der Waals surface area contributed by atoms with Gasteiger partial charge in [0.25, 0.3) is 0 Å². The maximum Gasteiger partial charge on any atom is 0.359 e. The van der Waals surface area contributed by atoms with E-state index in [1.54, 1.807) is 12.3 Å². The maximum absolute atomic E-state index is 12.0. The Bertz CT molecular complexity index is 609. The van der Waals surface area contributed by atoms with Crippen LogP contribution in [0.15, 0.2) is 35.1 Å². The van der Waals surface area contributed by atoms with Crippen LogP contribution in [-0.2, 0) is 9.63 Å². The number of amidine groups is 1. The van der Waals surface area contributed by atoms with E-state index >= 15 is 0 Å². The third-order valence-electron chi connectivity index (χ3n) is 2.56. The van der Waals surface area contributed by atoms with E-state index < -0.39 is 12.0 Å². The summed E-state index contributed by atoms with van der Waals surface area (Å²) in [4.78, 5) is 17.6. The molecule has 2 heterocycles. The lowest BCUT2D eigenvalue weighted by atomic mass is 10.2. The number of rotatable bonds is 5. The minimum absolute atomic E-state index is 0.168. The Kier molecular flexibility index (Phi) is 4.75. The van der Waals surface area contributed by atoms with Gasteiger partial charge in [-0.15, -0.1) is 11.3 Å². The number of hydrogen-bond donors (Lipinski definition) is 1. The minimum Gasteiger partial charge on any atom is -0.380 e. The van der Waals surface area contributed by atoms with Gasteiger partial charge in [0.05, 0.1) is 16.1 Å². The number of hydrogen-bond acceptors (Lipinski definition) is 5. The highest BCUT2D eigenvalue weighted by molar-refractivity contribution is 7.12. The van der Waals surface area contributed by atoms with Gasteiger partial charge >= 0.3 is 5.97 Å². The van der Waals surface area contributed by atoms with Gasteiger partial charge in [0.2, 0.25) is 0 Å². The molecule has 2 aromatic heterocycles. The normalized spacial score (nSPS) is 13.2. The molecule has 0 saturated carbocycles. The Morgan fingerprint density at radius 2 is 2.50 bits per heavy atom. The molecule has 0 aliphatic carbocycles. The highest BCUT2D eigenvalue weighted by Gasteiger charge is 2.21. The van der Waals surface area contributed by atoms with Gasteiger partial charge in [0.1, 0.15) is 0 Å². The van der Waals surface area contributed by atoms with Gasteiger partial charge in [0, 0.05) is 6.20 Å². The van der Waals surface area contributed by atoms with Gasteiger partial charge in [-0.1, -0.05) is 29.7 Å². The molecule has 0 aliphatic rings. The number of halogens is 1. The SMILES string of the molecule is CCC(C(=O)O/N=C(\N)c1cccs1)n1cc(Cl)cn1. The molecule has 2 aromatic rings. The second-order valence-corrected chi connectivity index (χ2v) is 5.31. The topological polar surface area (TPSA) is 82.5 Å². The highest BCUT2D eigenvalue weighted by atomic mass is 35.5. The molecule has 106 valence electrons. The smallest absolute Gasteiger partial charge is 0.359 e. The number of oxime groups is 1. The second-order valence-electron chi connectivity index (χ2n) is 3.93. The number of nitrogens with two attached hydrogens (primary N) is 1. The van der Waals surface area contributed by atoms with Crippen molar-refractivity contribution < 1.29 is 9.63 Å². The maximum atomic E-state index is 12.0. The molecule has 0 amide bonds. The van der Waals surface area contributed by atoms with Gasteiger partial charge < -0.3 is 10.6 Å². The first-order valence-electron chi connectivity index (χ1n) is 5.89. The first-order valence-corrected chi connectivity index (χ1v) is 7.15. The fraction of sp³-hybridized carbons (Fsp3) is 0.250.